The van der Waals surface area contributed by atoms with E-state index in [4.69, 9.17) is 11.6 Å². The van der Waals surface area contributed by atoms with Crippen LogP contribution in [0.5, 0.6) is 0 Å². The second-order valence-corrected chi connectivity index (χ2v) is 9.17. The van der Waals surface area contributed by atoms with Crippen molar-refractivity contribution in [1.29, 1.82) is 0 Å². The molecule has 5 heteroatoms. The lowest BCUT2D eigenvalue weighted by Gasteiger charge is -2.31. The fraction of sp³-hybridized carbons (Fsp3) is 0.417. The molecule has 0 aliphatic carbocycles. The highest BCUT2D eigenvalue weighted by Crippen LogP contribution is 2.17. The Balaban J connectivity index is 2.27. The van der Waals surface area contributed by atoms with Crippen molar-refractivity contribution in [3.05, 3.63) is 69.7 Å². The van der Waals surface area contributed by atoms with Crippen molar-refractivity contribution >= 4 is 23.4 Å². The molecule has 0 spiro atoms. The summed E-state index contributed by atoms with van der Waals surface area (Å²) < 4.78 is 0. The van der Waals surface area contributed by atoms with Crippen molar-refractivity contribution in [2.24, 2.45) is 0 Å². The number of rotatable bonds is 6. The first-order valence-electron chi connectivity index (χ1n) is 9.88. The number of carbonyl (C=O) groups excluding carboxylic acids is 2. The topological polar surface area (TPSA) is 49.4 Å². The predicted molar refractivity (Wildman–Crippen MR) is 119 cm³/mol. The molecule has 0 aliphatic heterocycles. The highest BCUT2D eigenvalue weighted by molar-refractivity contribution is 6.30. The second kappa shape index (κ2) is 9.45. The van der Waals surface area contributed by atoms with Crippen LogP contribution in [-0.4, -0.2) is 28.3 Å². The first-order valence-corrected chi connectivity index (χ1v) is 10.3. The van der Waals surface area contributed by atoms with E-state index in [1.807, 2.05) is 58.9 Å². The Labute approximate surface area is 179 Å². The number of nitrogens with zero attached hydrogens (tertiary/aromatic N) is 1. The number of amides is 2. The average Bonchev–Trinajstić information content (AvgIpc) is 2.58. The molecular formula is C24H31ClN2O2. The van der Waals surface area contributed by atoms with E-state index in [9.17, 15) is 9.59 Å². The Morgan fingerprint density at radius 2 is 1.55 bits per heavy atom. The summed E-state index contributed by atoms with van der Waals surface area (Å²) >= 11 is 5.99. The molecule has 2 aromatic carbocycles. The smallest absolute Gasteiger partial charge is 0.242 e. The zero-order chi connectivity index (χ0) is 21.8. The molecule has 0 heterocycles. The number of benzene rings is 2. The molecule has 0 fully saturated rings. The Bertz CT molecular complexity index is 849. The molecule has 2 amide bonds. The highest BCUT2D eigenvalue weighted by Gasteiger charge is 2.28. The molecule has 2 aromatic rings. The Morgan fingerprint density at radius 3 is 2.07 bits per heavy atom. The number of nitrogens with one attached hydrogen (secondary N) is 1. The molecule has 0 bridgehead atoms. The zero-order valence-electron chi connectivity index (χ0n) is 18.2. The molecule has 1 atom stereocenters. The lowest BCUT2D eigenvalue weighted by molar-refractivity contribution is -0.140. The first-order chi connectivity index (χ1) is 13.4. The maximum Gasteiger partial charge on any atom is 0.242 e. The molecule has 4 nitrogen and oxygen atoms in total. The van der Waals surface area contributed by atoms with Crippen molar-refractivity contribution in [3.63, 3.8) is 0 Å². The molecule has 0 radical (unpaired) electrons. The third-order valence-electron chi connectivity index (χ3n) is 4.57. The van der Waals surface area contributed by atoms with Crippen LogP contribution in [-0.2, 0) is 22.6 Å². The maximum atomic E-state index is 13.2. The first kappa shape index (κ1) is 23.0. The molecule has 29 heavy (non-hydrogen) atoms. The van der Waals surface area contributed by atoms with Gasteiger partial charge in [-0.15, -0.1) is 0 Å². The minimum atomic E-state index is -0.594. The number of hydrogen-bond acceptors (Lipinski definition) is 2. The van der Waals surface area contributed by atoms with Gasteiger partial charge in [-0.25, -0.2) is 0 Å². The van der Waals surface area contributed by atoms with Crippen molar-refractivity contribution in [3.8, 4) is 0 Å². The maximum absolute atomic E-state index is 13.2. The standard InChI is InChI=1S/C24H31ClN2O2/c1-16-11-17(2)13-20(12-16)14-22(28)27(15-19-7-9-21(25)10-8-19)18(3)23(29)26-24(4,5)6/h7-13,18H,14-15H2,1-6H3,(H,26,29). The molecule has 0 saturated carbocycles. The van der Waals surface area contributed by atoms with Gasteiger partial charge in [-0.2, -0.15) is 0 Å². The summed E-state index contributed by atoms with van der Waals surface area (Å²) in [5.74, 6) is -0.248. The van der Waals surface area contributed by atoms with E-state index in [1.165, 1.54) is 0 Å². The van der Waals surface area contributed by atoms with Gasteiger partial charge in [0.1, 0.15) is 6.04 Å². The minimum Gasteiger partial charge on any atom is -0.350 e. The summed E-state index contributed by atoms with van der Waals surface area (Å²) in [6, 6.07) is 12.9. The predicted octanol–water partition coefficient (Wildman–Crippen LogP) is 4.83. The van der Waals surface area contributed by atoms with E-state index >= 15 is 0 Å². The molecule has 0 saturated heterocycles. The zero-order valence-corrected chi connectivity index (χ0v) is 18.9. The summed E-state index contributed by atoms with van der Waals surface area (Å²) in [5.41, 5.74) is 3.76. The van der Waals surface area contributed by atoms with Crippen molar-refractivity contribution in [2.75, 3.05) is 0 Å². The van der Waals surface area contributed by atoms with Crippen LogP contribution in [0.25, 0.3) is 0 Å². The van der Waals surface area contributed by atoms with Gasteiger partial charge in [0.05, 0.1) is 6.42 Å². The van der Waals surface area contributed by atoms with Gasteiger partial charge >= 0.3 is 0 Å². The number of hydrogen-bond donors (Lipinski definition) is 1. The van der Waals surface area contributed by atoms with Crippen LogP contribution in [0.4, 0.5) is 0 Å². The van der Waals surface area contributed by atoms with E-state index in [2.05, 4.69) is 11.4 Å². The van der Waals surface area contributed by atoms with Gasteiger partial charge in [0.2, 0.25) is 11.8 Å². The third-order valence-corrected chi connectivity index (χ3v) is 4.82. The van der Waals surface area contributed by atoms with Crippen LogP contribution >= 0.6 is 11.6 Å². The van der Waals surface area contributed by atoms with E-state index in [-0.39, 0.29) is 23.8 Å². The summed E-state index contributed by atoms with van der Waals surface area (Å²) in [6.45, 7) is 11.9. The van der Waals surface area contributed by atoms with E-state index in [1.54, 1.807) is 24.0 Å². The Kier molecular flexibility index (Phi) is 7.48. The molecule has 2 rings (SSSR count). The fourth-order valence-corrected chi connectivity index (χ4v) is 3.42. The van der Waals surface area contributed by atoms with Crippen LogP contribution in [0.3, 0.4) is 0 Å². The van der Waals surface area contributed by atoms with Gasteiger partial charge in [0, 0.05) is 17.1 Å². The van der Waals surface area contributed by atoms with Crippen LogP contribution in [0.2, 0.25) is 5.02 Å². The fourth-order valence-electron chi connectivity index (χ4n) is 3.29. The van der Waals surface area contributed by atoms with E-state index in [0.717, 1.165) is 22.3 Å². The van der Waals surface area contributed by atoms with Gasteiger partial charge < -0.3 is 10.2 Å². The second-order valence-electron chi connectivity index (χ2n) is 8.74. The molecule has 0 aromatic heterocycles. The molecule has 1 N–H and O–H groups in total. The van der Waals surface area contributed by atoms with Gasteiger partial charge in [0.25, 0.3) is 0 Å². The van der Waals surface area contributed by atoms with Crippen LogP contribution in [0.1, 0.15) is 49.9 Å². The normalized spacial score (nSPS) is 12.4. The van der Waals surface area contributed by atoms with Gasteiger partial charge in [-0.3, -0.25) is 9.59 Å². The van der Waals surface area contributed by atoms with Crippen LogP contribution < -0.4 is 5.32 Å². The molecular weight excluding hydrogens is 384 g/mol. The Hall–Kier alpha value is -2.33. The minimum absolute atomic E-state index is 0.0819. The summed E-state index contributed by atoms with van der Waals surface area (Å²) in [6.07, 6.45) is 0.253. The largest absolute Gasteiger partial charge is 0.350 e. The van der Waals surface area contributed by atoms with Gasteiger partial charge in [-0.1, -0.05) is 53.1 Å². The lowest BCUT2D eigenvalue weighted by atomic mass is 10.0. The van der Waals surface area contributed by atoms with E-state index < -0.39 is 6.04 Å². The average molecular weight is 415 g/mol. The van der Waals surface area contributed by atoms with Crippen LogP contribution in [0, 0.1) is 13.8 Å². The van der Waals surface area contributed by atoms with Crippen molar-refractivity contribution in [1.82, 2.24) is 10.2 Å². The summed E-state index contributed by atoms with van der Waals surface area (Å²) in [5, 5.41) is 3.62. The third kappa shape index (κ3) is 7.21. The van der Waals surface area contributed by atoms with Crippen molar-refractivity contribution < 1.29 is 9.59 Å². The molecule has 0 aliphatic rings. The lowest BCUT2D eigenvalue weighted by Crippen LogP contribution is -2.52. The highest BCUT2D eigenvalue weighted by atomic mass is 35.5. The van der Waals surface area contributed by atoms with Crippen LogP contribution in [0.15, 0.2) is 42.5 Å². The Morgan fingerprint density at radius 1 is 1.00 bits per heavy atom. The number of halogens is 1. The van der Waals surface area contributed by atoms with Crippen molar-refractivity contribution in [2.45, 2.75) is 66.1 Å². The monoisotopic (exact) mass is 414 g/mol. The number of aryl methyl sites for hydroxylation is 2. The van der Waals surface area contributed by atoms with E-state index in [0.29, 0.717) is 11.6 Å². The number of carbonyl (C=O) groups is 2. The summed E-state index contributed by atoms with van der Waals surface area (Å²) in [7, 11) is 0. The quantitative estimate of drug-likeness (QED) is 0.735. The summed E-state index contributed by atoms with van der Waals surface area (Å²) in [4.78, 5) is 27.7. The van der Waals surface area contributed by atoms with Gasteiger partial charge in [-0.05, 0) is 64.8 Å². The van der Waals surface area contributed by atoms with Gasteiger partial charge in [0.15, 0.2) is 0 Å². The molecule has 156 valence electrons. The molecule has 1 unspecified atom stereocenters. The SMILES string of the molecule is Cc1cc(C)cc(CC(=O)N(Cc2ccc(Cl)cc2)C(C)C(=O)NC(C)(C)C)c1.